The van der Waals surface area contributed by atoms with Gasteiger partial charge in [0.15, 0.2) is 16.7 Å². The number of nitrogens with zero attached hydrogens (tertiary/aromatic N) is 5. The Labute approximate surface area is 164 Å². The number of carbonyl (C=O) groups is 1. The third-order valence-electron chi connectivity index (χ3n) is 4.46. The summed E-state index contributed by atoms with van der Waals surface area (Å²) in [6.07, 6.45) is 1.57. The monoisotopic (exact) mass is 398 g/mol. The van der Waals surface area contributed by atoms with Gasteiger partial charge in [0, 0.05) is 26.8 Å². The van der Waals surface area contributed by atoms with Crippen molar-refractivity contribution in [2.24, 2.45) is 21.1 Å². The topological polar surface area (TPSA) is 99.9 Å². The van der Waals surface area contributed by atoms with E-state index in [0.717, 1.165) is 11.0 Å². The molecule has 28 heavy (non-hydrogen) atoms. The Bertz CT molecular complexity index is 1220. The number of carbonyl (C=O) groups excluding carboxylic acids is 1. The van der Waals surface area contributed by atoms with Gasteiger partial charge in [-0.05, 0) is 30.3 Å². The van der Waals surface area contributed by atoms with Gasteiger partial charge in [0.1, 0.15) is 0 Å². The molecule has 0 bridgehead atoms. The Kier molecular flexibility index (Phi) is 4.55. The fourth-order valence-electron chi connectivity index (χ4n) is 2.97. The number of imidazole rings is 1. The number of amides is 1. The number of anilines is 1. The highest BCUT2D eigenvalue weighted by molar-refractivity contribution is 7.99. The molecule has 1 amide bonds. The summed E-state index contributed by atoms with van der Waals surface area (Å²) in [6, 6.07) is 8.97. The molecule has 9 nitrogen and oxygen atoms in total. The van der Waals surface area contributed by atoms with E-state index in [0.29, 0.717) is 22.4 Å². The first-order chi connectivity index (χ1) is 13.5. The van der Waals surface area contributed by atoms with Crippen LogP contribution in [0, 0.1) is 0 Å². The first-order valence-corrected chi connectivity index (χ1v) is 9.45. The van der Waals surface area contributed by atoms with E-state index >= 15 is 0 Å². The molecule has 4 aromatic rings. The smallest absolute Gasteiger partial charge is 0.328 e. The number of hydrogen-bond donors (Lipinski definition) is 1. The van der Waals surface area contributed by atoms with Crippen LogP contribution >= 0.6 is 11.8 Å². The second-order valence-electron chi connectivity index (χ2n) is 6.28. The Morgan fingerprint density at radius 2 is 1.89 bits per heavy atom. The third-order valence-corrected chi connectivity index (χ3v) is 5.48. The maximum Gasteiger partial charge on any atom is 0.328 e. The van der Waals surface area contributed by atoms with Gasteiger partial charge in [-0.3, -0.25) is 13.9 Å². The molecule has 0 aliphatic rings. The molecular weight excluding hydrogens is 380 g/mol. The molecule has 1 N–H and O–H groups in total. The number of benzene rings is 1. The van der Waals surface area contributed by atoms with Gasteiger partial charge in [-0.15, -0.1) is 10.2 Å². The van der Waals surface area contributed by atoms with Crippen molar-refractivity contribution in [1.29, 1.82) is 0 Å². The summed E-state index contributed by atoms with van der Waals surface area (Å²) in [7, 11) is 5.25. The minimum absolute atomic E-state index is 0.108. The van der Waals surface area contributed by atoms with Crippen LogP contribution in [0.4, 0.5) is 5.69 Å². The summed E-state index contributed by atoms with van der Waals surface area (Å²) < 4.78 is 10.2. The van der Waals surface area contributed by atoms with E-state index in [9.17, 15) is 9.59 Å². The number of nitrogens with one attached hydrogen (secondary N) is 1. The lowest BCUT2D eigenvalue weighted by atomic mass is 10.2. The van der Waals surface area contributed by atoms with Crippen LogP contribution in [0.15, 0.2) is 51.0 Å². The average molecular weight is 398 g/mol. The summed E-state index contributed by atoms with van der Waals surface area (Å²) in [5, 5.41) is 11.7. The standard InChI is InChI=1S/C18H18N6O3S/c1-22-12-7-6-11(9-13(12)23(2)18(22)26)19-15(25)10-28-17-21-20-16(24(17)3)14-5-4-8-27-14/h4-9H,10H2,1-3H3,(H,19,25). The first kappa shape index (κ1) is 18.1. The van der Waals surface area contributed by atoms with E-state index in [-0.39, 0.29) is 17.3 Å². The average Bonchev–Trinajstić information content (AvgIpc) is 3.38. The van der Waals surface area contributed by atoms with Crippen LogP contribution in [-0.2, 0) is 25.9 Å². The molecule has 144 valence electrons. The summed E-state index contributed by atoms with van der Waals surface area (Å²) in [5.41, 5.74) is 2.09. The molecule has 3 heterocycles. The maximum atomic E-state index is 12.3. The fourth-order valence-corrected chi connectivity index (χ4v) is 3.68. The quantitative estimate of drug-likeness (QED) is 0.516. The summed E-state index contributed by atoms with van der Waals surface area (Å²) in [5.74, 6) is 1.22. The molecule has 0 aliphatic heterocycles. The molecule has 0 saturated heterocycles. The second kappa shape index (κ2) is 7.04. The lowest BCUT2D eigenvalue weighted by Gasteiger charge is -2.06. The largest absolute Gasteiger partial charge is 0.461 e. The fraction of sp³-hybridized carbons (Fsp3) is 0.222. The van der Waals surface area contributed by atoms with E-state index in [4.69, 9.17) is 4.42 Å². The Balaban J connectivity index is 1.45. The van der Waals surface area contributed by atoms with E-state index in [1.165, 1.54) is 11.8 Å². The summed E-state index contributed by atoms with van der Waals surface area (Å²) in [6.45, 7) is 0. The van der Waals surface area contributed by atoms with Crippen molar-refractivity contribution >= 4 is 34.4 Å². The van der Waals surface area contributed by atoms with Crippen LogP contribution in [0.1, 0.15) is 0 Å². The van der Waals surface area contributed by atoms with Crippen molar-refractivity contribution in [2.45, 2.75) is 5.16 Å². The van der Waals surface area contributed by atoms with Gasteiger partial charge < -0.3 is 14.3 Å². The van der Waals surface area contributed by atoms with Gasteiger partial charge in [-0.1, -0.05) is 11.8 Å². The molecule has 0 unspecified atom stereocenters. The molecule has 3 aromatic heterocycles. The molecule has 0 atom stereocenters. The van der Waals surface area contributed by atoms with Gasteiger partial charge in [-0.2, -0.15) is 0 Å². The van der Waals surface area contributed by atoms with Crippen molar-refractivity contribution in [3.63, 3.8) is 0 Å². The highest BCUT2D eigenvalue weighted by Gasteiger charge is 2.15. The van der Waals surface area contributed by atoms with E-state index in [2.05, 4.69) is 15.5 Å². The van der Waals surface area contributed by atoms with Crippen LogP contribution < -0.4 is 11.0 Å². The van der Waals surface area contributed by atoms with Crippen LogP contribution in [0.3, 0.4) is 0 Å². The lowest BCUT2D eigenvalue weighted by Crippen LogP contribution is -2.19. The van der Waals surface area contributed by atoms with E-state index in [1.807, 2.05) is 13.1 Å². The highest BCUT2D eigenvalue weighted by Crippen LogP contribution is 2.23. The number of fused-ring (bicyclic) bond motifs is 1. The molecule has 1 aromatic carbocycles. The second-order valence-corrected chi connectivity index (χ2v) is 7.23. The van der Waals surface area contributed by atoms with Crippen LogP contribution in [0.25, 0.3) is 22.6 Å². The highest BCUT2D eigenvalue weighted by atomic mass is 32.2. The third kappa shape index (κ3) is 3.11. The number of aryl methyl sites for hydroxylation is 2. The molecule has 0 radical (unpaired) electrons. The number of thioether (sulfide) groups is 1. The minimum atomic E-state index is -0.173. The van der Waals surface area contributed by atoms with E-state index in [1.54, 1.807) is 58.3 Å². The number of aromatic nitrogens is 5. The normalized spacial score (nSPS) is 11.2. The van der Waals surface area contributed by atoms with Gasteiger partial charge in [0.2, 0.25) is 5.91 Å². The maximum absolute atomic E-state index is 12.3. The zero-order valence-electron chi connectivity index (χ0n) is 15.5. The van der Waals surface area contributed by atoms with Gasteiger partial charge in [0.05, 0.1) is 23.0 Å². The van der Waals surface area contributed by atoms with Crippen molar-refractivity contribution in [2.75, 3.05) is 11.1 Å². The van der Waals surface area contributed by atoms with Crippen molar-refractivity contribution in [1.82, 2.24) is 23.9 Å². The predicted molar refractivity (Wildman–Crippen MR) is 106 cm³/mol. The lowest BCUT2D eigenvalue weighted by molar-refractivity contribution is -0.113. The molecule has 0 aliphatic carbocycles. The molecule has 10 heteroatoms. The van der Waals surface area contributed by atoms with Gasteiger partial charge >= 0.3 is 5.69 Å². The number of hydrogen-bond acceptors (Lipinski definition) is 6. The summed E-state index contributed by atoms with van der Waals surface area (Å²) in [4.78, 5) is 24.4. The molecular formula is C18H18N6O3S. The van der Waals surface area contributed by atoms with E-state index < -0.39 is 0 Å². The number of furan rings is 1. The van der Waals surface area contributed by atoms with Crippen LogP contribution in [0.5, 0.6) is 0 Å². The Morgan fingerprint density at radius 1 is 1.11 bits per heavy atom. The number of rotatable bonds is 5. The van der Waals surface area contributed by atoms with Crippen molar-refractivity contribution < 1.29 is 9.21 Å². The zero-order valence-corrected chi connectivity index (χ0v) is 16.4. The zero-order chi connectivity index (χ0) is 19.8. The molecule has 0 fully saturated rings. The molecule has 4 rings (SSSR count). The van der Waals surface area contributed by atoms with Gasteiger partial charge in [0.25, 0.3) is 0 Å². The van der Waals surface area contributed by atoms with Crippen LogP contribution in [-0.4, -0.2) is 35.6 Å². The van der Waals surface area contributed by atoms with Crippen molar-refractivity contribution in [3.05, 3.63) is 47.1 Å². The van der Waals surface area contributed by atoms with Gasteiger partial charge in [-0.25, -0.2) is 4.79 Å². The Hall–Kier alpha value is -3.27. The SMILES string of the molecule is Cn1c(SCC(=O)Nc2ccc3c(c2)n(C)c(=O)n3C)nnc1-c1ccco1. The van der Waals surface area contributed by atoms with Crippen molar-refractivity contribution in [3.8, 4) is 11.6 Å². The Morgan fingerprint density at radius 3 is 2.64 bits per heavy atom. The molecule has 0 spiro atoms. The first-order valence-electron chi connectivity index (χ1n) is 8.47. The predicted octanol–water partition coefficient (Wildman–Crippen LogP) is 2.00. The van der Waals surface area contributed by atoms with Crippen LogP contribution in [0.2, 0.25) is 0 Å². The molecule has 0 saturated carbocycles. The summed E-state index contributed by atoms with van der Waals surface area (Å²) >= 11 is 1.28. The minimum Gasteiger partial charge on any atom is -0.461 e.